The third-order valence-corrected chi connectivity index (χ3v) is 1.16. The molecule has 0 saturated carbocycles. The van der Waals surface area contributed by atoms with Crippen molar-refractivity contribution in [2.24, 2.45) is 5.41 Å². The van der Waals surface area contributed by atoms with Gasteiger partial charge in [-0.2, -0.15) is 0 Å². The van der Waals surface area contributed by atoms with Crippen LogP contribution in [0.2, 0.25) is 0 Å². The molecule has 0 aliphatic carbocycles. The van der Waals surface area contributed by atoms with Crippen LogP contribution < -0.4 is 0 Å². The summed E-state index contributed by atoms with van der Waals surface area (Å²) in [5.74, 6) is 0. The van der Waals surface area contributed by atoms with Gasteiger partial charge in [-0.05, 0) is 11.6 Å². The third kappa shape index (κ3) is 4.41. The van der Waals surface area contributed by atoms with Crippen LogP contribution in [0.25, 0.3) is 0 Å². The Balaban J connectivity index is 0. The fourth-order valence-electron chi connectivity index (χ4n) is 0. The quantitative estimate of drug-likeness (QED) is 0.492. The topological polar surface area (TPSA) is 17.1 Å². The van der Waals surface area contributed by atoms with E-state index < -0.39 is 0 Å². The Morgan fingerprint density at radius 2 is 1.50 bits per heavy atom. The SMILES string of the molecule is CC(C)(C)C(=O)Cl.Cl. The van der Waals surface area contributed by atoms with Crippen LogP contribution in [-0.4, -0.2) is 5.24 Å². The summed E-state index contributed by atoms with van der Waals surface area (Å²) in [6, 6.07) is 0. The highest BCUT2D eigenvalue weighted by Crippen LogP contribution is 2.15. The van der Waals surface area contributed by atoms with Gasteiger partial charge >= 0.3 is 0 Å². The van der Waals surface area contributed by atoms with Crippen molar-refractivity contribution in [2.45, 2.75) is 20.8 Å². The predicted molar refractivity (Wildman–Crippen MR) is 37.6 cm³/mol. The van der Waals surface area contributed by atoms with Crippen LogP contribution in [0.5, 0.6) is 0 Å². The lowest BCUT2D eigenvalue weighted by molar-refractivity contribution is -0.118. The van der Waals surface area contributed by atoms with Crippen LogP contribution in [0.1, 0.15) is 20.8 Å². The van der Waals surface area contributed by atoms with E-state index in [0.29, 0.717) is 0 Å². The Hall–Kier alpha value is 0.250. The Morgan fingerprint density at radius 1 is 1.38 bits per heavy atom. The van der Waals surface area contributed by atoms with Gasteiger partial charge < -0.3 is 0 Å². The first-order valence-electron chi connectivity index (χ1n) is 2.14. The van der Waals surface area contributed by atoms with E-state index in [2.05, 4.69) is 0 Å². The first-order chi connectivity index (χ1) is 2.94. The summed E-state index contributed by atoms with van der Waals surface area (Å²) in [7, 11) is 0. The van der Waals surface area contributed by atoms with Gasteiger partial charge in [-0.15, -0.1) is 12.4 Å². The normalized spacial score (nSPS) is 10.0. The van der Waals surface area contributed by atoms with E-state index in [1.807, 2.05) is 0 Å². The Morgan fingerprint density at radius 3 is 1.50 bits per heavy atom. The molecule has 0 spiro atoms. The van der Waals surface area contributed by atoms with Crippen molar-refractivity contribution in [3.8, 4) is 0 Å². The summed E-state index contributed by atoms with van der Waals surface area (Å²) in [6.45, 7) is 5.34. The Bertz CT molecular complexity index is 82.9. The molecule has 0 N–H and O–H groups in total. The van der Waals surface area contributed by atoms with Crippen molar-refractivity contribution in [1.29, 1.82) is 0 Å². The second-order valence-corrected chi connectivity index (χ2v) is 2.87. The lowest BCUT2D eigenvalue weighted by atomic mass is 10.00. The molecule has 0 aliphatic heterocycles. The highest BCUT2D eigenvalue weighted by molar-refractivity contribution is 6.64. The third-order valence-electron chi connectivity index (χ3n) is 0.590. The summed E-state index contributed by atoms with van der Waals surface area (Å²) in [4.78, 5) is 10.2. The molecule has 0 unspecified atom stereocenters. The minimum Gasteiger partial charge on any atom is -0.281 e. The van der Waals surface area contributed by atoms with E-state index in [1.165, 1.54) is 0 Å². The average Bonchev–Trinajstić information content (AvgIpc) is 1.31. The molecule has 0 fully saturated rings. The molecule has 50 valence electrons. The molecule has 0 heterocycles. The zero-order valence-corrected chi connectivity index (χ0v) is 6.77. The summed E-state index contributed by atoms with van der Waals surface area (Å²) in [5, 5.41) is -0.285. The first kappa shape index (κ1) is 11.1. The molecule has 0 radical (unpaired) electrons. The summed E-state index contributed by atoms with van der Waals surface area (Å²) in [5.41, 5.74) is -0.373. The maximum Gasteiger partial charge on any atom is 0.226 e. The number of carbonyl (C=O) groups excluding carboxylic acids is 1. The fraction of sp³-hybridized carbons (Fsp3) is 0.800. The minimum absolute atomic E-state index is 0. The maximum absolute atomic E-state index is 10.2. The van der Waals surface area contributed by atoms with Crippen LogP contribution in [0.4, 0.5) is 0 Å². The number of rotatable bonds is 0. The van der Waals surface area contributed by atoms with E-state index >= 15 is 0 Å². The zero-order chi connectivity index (χ0) is 6.08. The lowest BCUT2D eigenvalue weighted by Gasteiger charge is -2.08. The van der Waals surface area contributed by atoms with E-state index in [-0.39, 0.29) is 23.1 Å². The van der Waals surface area contributed by atoms with Crippen LogP contribution in [0, 0.1) is 5.41 Å². The van der Waals surface area contributed by atoms with Crippen LogP contribution in [0.15, 0.2) is 0 Å². The monoisotopic (exact) mass is 156 g/mol. The molecule has 0 aromatic rings. The summed E-state index contributed by atoms with van der Waals surface area (Å²) in [6.07, 6.45) is 0. The number of hydrogen-bond donors (Lipinski definition) is 0. The molecule has 0 amide bonds. The van der Waals surface area contributed by atoms with E-state index in [9.17, 15) is 4.79 Å². The molecule has 0 bridgehead atoms. The molecule has 0 aromatic carbocycles. The Kier molecular flexibility index (Phi) is 4.59. The van der Waals surface area contributed by atoms with Crippen LogP contribution >= 0.6 is 24.0 Å². The van der Waals surface area contributed by atoms with Gasteiger partial charge in [0.1, 0.15) is 0 Å². The largest absolute Gasteiger partial charge is 0.281 e. The van der Waals surface area contributed by atoms with Crippen molar-refractivity contribution < 1.29 is 4.79 Å². The van der Waals surface area contributed by atoms with E-state index in [0.717, 1.165) is 0 Å². The van der Waals surface area contributed by atoms with E-state index in [1.54, 1.807) is 20.8 Å². The number of hydrogen-bond acceptors (Lipinski definition) is 1. The zero-order valence-electron chi connectivity index (χ0n) is 5.19. The molecule has 1 nitrogen and oxygen atoms in total. The van der Waals surface area contributed by atoms with Crippen molar-refractivity contribution in [3.63, 3.8) is 0 Å². The number of carbonyl (C=O) groups is 1. The van der Waals surface area contributed by atoms with Crippen molar-refractivity contribution in [3.05, 3.63) is 0 Å². The predicted octanol–water partition coefficient (Wildman–Crippen LogP) is 2.22. The molecular weight excluding hydrogens is 147 g/mol. The highest BCUT2D eigenvalue weighted by atomic mass is 35.5. The fourth-order valence-corrected chi connectivity index (χ4v) is 0. The van der Waals surface area contributed by atoms with Crippen molar-refractivity contribution in [1.82, 2.24) is 0 Å². The van der Waals surface area contributed by atoms with Gasteiger partial charge in [0.15, 0.2) is 0 Å². The molecule has 0 rings (SSSR count). The maximum atomic E-state index is 10.2. The summed E-state index contributed by atoms with van der Waals surface area (Å²) >= 11 is 5.11. The van der Waals surface area contributed by atoms with Gasteiger partial charge in [0, 0.05) is 5.41 Å². The Labute approximate surface area is 60.8 Å². The van der Waals surface area contributed by atoms with Gasteiger partial charge in [0.25, 0.3) is 0 Å². The smallest absolute Gasteiger partial charge is 0.226 e. The van der Waals surface area contributed by atoms with Crippen molar-refractivity contribution in [2.75, 3.05) is 0 Å². The second-order valence-electron chi connectivity index (χ2n) is 2.52. The first-order valence-corrected chi connectivity index (χ1v) is 2.52. The second kappa shape index (κ2) is 3.31. The molecule has 0 atom stereocenters. The highest BCUT2D eigenvalue weighted by Gasteiger charge is 2.17. The van der Waals surface area contributed by atoms with Gasteiger partial charge in [0.2, 0.25) is 5.24 Å². The standard InChI is InChI=1S/C5H9ClO.ClH/c1-5(2,3)4(6)7;/h1-3H3;1H. The van der Waals surface area contributed by atoms with Crippen molar-refractivity contribution >= 4 is 29.3 Å². The van der Waals surface area contributed by atoms with Gasteiger partial charge in [-0.25, -0.2) is 0 Å². The molecule has 3 heteroatoms. The van der Waals surface area contributed by atoms with Crippen LogP contribution in [-0.2, 0) is 4.79 Å². The molecule has 0 saturated heterocycles. The van der Waals surface area contributed by atoms with E-state index in [4.69, 9.17) is 11.6 Å². The molecular formula is C5H10Cl2O. The average molecular weight is 157 g/mol. The molecule has 8 heavy (non-hydrogen) atoms. The van der Waals surface area contributed by atoms with Crippen LogP contribution in [0.3, 0.4) is 0 Å². The van der Waals surface area contributed by atoms with Gasteiger partial charge in [-0.1, -0.05) is 20.8 Å². The number of halogens is 2. The van der Waals surface area contributed by atoms with Gasteiger partial charge in [-0.3, -0.25) is 4.79 Å². The summed E-state index contributed by atoms with van der Waals surface area (Å²) < 4.78 is 0. The lowest BCUT2D eigenvalue weighted by Crippen LogP contribution is -2.13. The van der Waals surface area contributed by atoms with Gasteiger partial charge in [0.05, 0.1) is 0 Å². The molecule has 0 aliphatic rings. The minimum atomic E-state index is -0.373. The molecule has 0 aromatic heterocycles.